The Hall–Kier alpha value is -3.99. The second kappa shape index (κ2) is 7.27. The summed E-state index contributed by atoms with van der Waals surface area (Å²) in [6, 6.07) is 7.48. The maximum Gasteiger partial charge on any atom is 0.230 e. The fourth-order valence-corrected chi connectivity index (χ4v) is 5.27. The number of benzene rings is 1. The Balaban J connectivity index is 1.53. The zero-order chi connectivity index (χ0) is 22.6. The van der Waals surface area contributed by atoms with E-state index >= 15 is 0 Å². The average Bonchev–Trinajstić information content (AvgIpc) is 3.43. The highest BCUT2D eigenvalue weighted by Gasteiger charge is 2.36. The third-order valence-electron chi connectivity index (χ3n) is 5.52. The number of furan rings is 1. The Bertz CT molecular complexity index is 1580. The SMILES string of the molecule is O=S1(=O)CC(n2cc(-c3ncnc4oc(-c5cnccn5)cc34)c(-c3ccc(F)cc3)n2)C1. The Morgan fingerprint density at radius 1 is 1.03 bits per heavy atom. The molecule has 0 amide bonds. The molecule has 4 aromatic heterocycles. The summed E-state index contributed by atoms with van der Waals surface area (Å²) in [4.78, 5) is 17.1. The molecule has 5 aromatic rings. The van der Waals surface area contributed by atoms with Gasteiger partial charge >= 0.3 is 0 Å². The zero-order valence-electron chi connectivity index (χ0n) is 17.0. The molecule has 0 saturated carbocycles. The summed E-state index contributed by atoms with van der Waals surface area (Å²) >= 11 is 0. The third kappa shape index (κ3) is 3.46. The summed E-state index contributed by atoms with van der Waals surface area (Å²) in [5, 5.41) is 5.30. The summed E-state index contributed by atoms with van der Waals surface area (Å²) in [5.41, 5.74) is 3.37. The lowest BCUT2D eigenvalue weighted by molar-refractivity contribution is 0.474. The summed E-state index contributed by atoms with van der Waals surface area (Å²) in [5.74, 6) is 0.176. The highest BCUT2D eigenvalue weighted by atomic mass is 32.2. The van der Waals surface area contributed by atoms with E-state index in [1.54, 1.807) is 47.7 Å². The van der Waals surface area contributed by atoms with E-state index in [0.29, 0.717) is 45.1 Å². The van der Waals surface area contributed by atoms with E-state index in [4.69, 9.17) is 4.42 Å². The molecule has 1 aromatic carbocycles. The lowest BCUT2D eigenvalue weighted by Crippen LogP contribution is -2.38. The van der Waals surface area contributed by atoms with Gasteiger partial charge in [-0.25, -0.2) is 27.8 Å². The molecule has 1 fully saturated rings. The van der Waals surface area contributed by atoms with Crippen molar-refractivity contribution in [1.82, 2.24) is 29.7 Å². The van der Waals surface area contributed by atoms with Crippen LogP contribution in [0, 0.1) is 5.82 Å². The van der Waals surface area contributed by atoms with E-state index in [-0.39, 0.29) is 23.4 Å². The Morgan fingerprint density at radius 3 is 2.58 bits per heavy atom. The molecular formula is C22H15FN6O3S. The minimum absolute atomic E-state index is 0.0265. The fraction of sp³-hybridized carbons (Fsp3) is 0.136. The van der Waals surface area contributed by atoms with Crippen molar-refractivity contribution in [3.05, 3.63) is 67.3 Å². The predicted octanol–water partition coefficient (Wildman–Crippen LogP) is 3.32. The van der Waals surface area contributed by atoms with Crippen LogP contribution in [0.3, 0.4) is 0 Å². The van der Waals surface area contributed by atoms with E-state index < -0.39 is 9.84 Å². The van der Waals surface area contributed by atoms with Crippen molar-refractivity contribution in [2.45, 2.75) is 6.04 Å². The molecule has 9 nitrogen and oxygen atoms in total. The molecule has 0 spiro atoms. The molecule has 0 N–H and O–H groups in total. The molecule has 0 unspecified atom stereocenters. The third-order valence-corrected chi connectivity index (χ3v) is 7.30. The molecule has 0 bridgehead atoms. The van der Waals surface area contributed by atoms with Gasteiger partial charge in [-0.15, -0.1) is 0 Å². The molecule has 33 heavy (non-hydrogen) atoms. The van der Waals surface area contributed by atoms with Gasteiger partial charge in [-0.1, -0.05) is 0 Å². The van der Waals surface area contributed by atoms with E-state index in [1.807, 2.05) is 0 Å². The number of hydrogen-bond donors (Lipinski definition) is 0. The highest BCUT2D eigenvalue weighted by molar-refractivity contribution is 7.92. The Kier molecular flexibility index (Phi) is 4.34. The number of nitrogens with zero attached hydrogens (tertiary/aromatic N) is 6. The van der Waals surface area contributed by atoms with Gasteiger partial charge in [-0.05, 0) is 30.3 Å². The van der Waals surface area contributed by atoms with Crippen molar-refractivity contribution in [2.24, 2.45) is 0 Å². The van der Waals surface area contributed by atoms with Crippen LogP contribution in [0.2, 0.25) is 0 Å². The minimum Gasteiger partial charge on any atom is -0.436 e. The predicted molar refractivity (Wildman–Crippen MR) is 117 cm³/mol. The van der Waals surface area contributed by atoms with Crippen molar-refractivity contribution in [1.29, 1.82) is 0 Å². The molecule has 1 saturated heterocycles. The number of fused-ring (bicyclic) bond motifs is 1. The first-order chi connectivity index (χ1) is 16.0. The molecule has 0 atom stereocenters. The number of sulfone groups is 1. The number of rotatable bonds is 4. The monoisotopic (exact) mass is 462 g/mol. The van der Waals surface area contributed by atoms with Crippen LogP contribution in [-0.2, 0) is 9.84 Å². The molecule has 0 radical (unpaired) electrons. The van der Waals surface area contributed by atoms with Crippen LogP contribution in [0.5, 0.6) is 0 Å². The largest absolute Gasteiger partial charge is 0.436 e. The molecule has 164 valence electrons. The lowest BCUT2D eigenvalue weighted by atomic mass is 10.0. The number of halogens is 1. The van der Waals surface area contributed by atoms with Gasteiger partial charge in [0, 0.05) is 29.7 Å². The summed E-state index contributed by atoms with van der Waals surface area (Å²) in [6.07, 6.45) is 7.89. The lowest BCUT2D eigenvalue weighted by Gasteiger charge is -2.25. The van der Waals surface area contributed by atoms with Crippen LogP contribution in [0.1, 0.15) is 6.04 Å². The van der Waals surface area contributed by atoms with Crippen molar-refractivity contribution >= 4 is 20.9 Å². The van der Waals surface area contributed by atoms with Gasteiger partial charge in [-0.2, -0.15) is 5.10 Å². The van der Waals surface area contributed by atoms with Gasteiger partial charge in [0.05, 0.1) is 34.8 Å². The van der Waals surface area contributed by atoms with Crippen LogP contribution in [-0.4, -0.2) is 49.6 Å². The van der Waals surface area contributed by atoms with Crippen LogP contribution in [0.4, 0.5) is 4.39 Å². The van der Waals surface area contributed by atoms with E-state index in [2.05, 4.69) is 25.0 Å². The topological polar surface area (TPSA) is 117 Å². The second-order valence-electron chi connectivity index (χ2n) is 7.75. The smallest absolute Gasteiger partial charge is 0.230 e. The first-order valence-electron chi connectivity index (χ1n) is 10.0. The standard InChI is InChI=1S/C22H15FN6O3S/c23-14-3-1-13(2-4-14)20-17(9-29(28-20)15-10-33(30,31)11-15)21-16-7-19(18-8-24-5-6-25-18)32-22(16)27-12-26-21/h1-9,12,15H,10-11H2. The van der Waals surface area contributed by atoms with Crippen molar-refractivity contribution in [2.75, 3.05) is 11.5 Å². The number of aromatic nitrogens is 6. The molecule has 11 heteroatoms. The van der Waals surface area contributed by atoms with Crippen molar-refractivity contribution in [3.63, 3.8) is 0 Å². The van der Waals surface area contributed by atoms with Gasteiger partial charge in [0.15, 0.2) is 15.6 Å². The second-order valence-corrected chi connectivity index (χ2v) is 9.91. The summed E-state index contributed by atoms with van der Waals surface area (Å²) in [7, 11) is -3.04. The highest BCUT2D eigenvalue weighted by Crippen LogP contribution is 2.37. The molecule has 1 aliphatic heterocycles. The van der Waals surface area contributed by atoms with Gasteiger partial charge in [0.2, 0.25) is 5.71 Å². The first-order valence-corrected chi connectivity index (χ1v) is 11.9. The van der Waals surface area contributed by atoms with Crippen LogP contribution >= 0.6 is 0 Å². The van der Waals surface area contributed by atoms with Crippen molar-refractivity contribution in [3.8, 4) is 34.0 Å². The van der Waals surface area contributed by atoms with Crippen LogP contribution in [0.25, 0.3) is 45.1 Å². The van der Waals surface area contributed by atoms with E-state index in [1.165, 1.54) is 18.5 Å². The van der Waals surface area contributed by atoms with Crippen molar-refractivity contribution < 1.29 is 17.2 Å². The van der Waals surface area contributed by atoms with E-state index in [0.717, 1.165) is 0 Å². The molecule has 5 heterocycles. The van der Waals surface area contributed by atoms with E-state index in [9.17, 15) is 12.8 Å². The zero-order valence-corrected chi connectivity index (χ0v) is 17.8. The maximum absolute atomic E-state index is 13.5. The Labute approximate surface area is 186 Å². The first kappa shape index (κ1) is 19.7. The van der Waals surface area contributed by atoms with Gasteiger partial charge < -0.3 is 4.42 Å². The molecule has 6 rings (SSSR count). The minimum atomic E-state index is -3.04. The normalized spacial score (nSPS) is 15.5. The summed E-state index contributed by atoms with van der Waals surface area (Å²) in [6.45, 7) is 0. The average molecular weight is 462 g/mol. The van der Waals surface area contributed by atoms with Gasteiger partial charge in [0.1, 0.15) is 23.5 Å². The quantitative estimate of drug-likeness (QED) is 0.399. The summed E-state index contributed by atoms with van der Waals surface area (Å²) < 4.78 is 44.5. The van der Waals surface area contributed by atoms with Gasteiger partial charge in [0.25, 0.3) is 0 Å². The van der Waals surface area contributed by atoms with Gasteiger partial charge in [-0.3, -0.25) is 9.67 Å². The maximum atomic E-state index is 13.5. The number of hydrogen-bond acceptors (Lipinski definition) is 8. The fourth-order valence-electron chi connectivity index (χ4n) is 3.89. The van der Waals surface area contributed by atoms with Crippen LogP contribution < -0.4 is 0 Å². The van der Waals surface area contributed by atoms with Crippen LogP contribution in [0.15, 0.2) is 65.9 Å². The molecule has 0 aliphatic carbocycles. The molecular weight excluding hydrogens is 447 g/mol. The molecule has 1 aliphatic rings. The Morgan fingerprint density at radius 2 is 1.85 bits per heavy atom.